The van der Waals surface area contributed by atoms with Gasteiger partial charge in [-0.1, -0.05) is 6.92 Å². The third-order valence-corrected chi connectivity index (χ3v) is 3.51. The van der Waals surface area contributed by atoms with Gasteiger partial charge in [-0.05, 0) is 44.3 Å². The molecule has 0 amide bonds. The molecule has 0 radical (unpaired) electrons. The van der Waals surface area contributed by atoms with Crippen LogP contribution in [-0.2, 0) is 0 Å². The van der Waals surface area contributed by atoms with E-state index < -0.39 is 0 Å². The highest BCUT2D eigenvalue weighted by atomic mass is 16.5. The molecule has 0 saturated carbocycles. The molecule has 0 aromatic carbocycles. The maximum atomic E-state index is 5.39. The van der Waals surface area contributed by atoms with E-state index in [1.165, 1.54) is 12.8 Å². The third-order valence-electron chi connectivity index (χ3n) is 3.51. The Bertz CT molecular complexity index is 348. The van der Waals surface area contributed by atoms with Gasteiger partial charge < -0.3 is 14.7 Å². The van der Waals surface area contributed by atoms with E-state index in [0.717, 1.165) is 25.5 Å². The molecule has 2 unspecified atom stereocenters. The van der Waals surface area contributed by atoms with Crippen molar-refractivity contribution in [3.8, 4) is 0 Å². The molecular formula is C12H22N4O. The second kappa shape index (κ2) is 5.49. The fraction of sp³-hybridized carbons (Fsp3) is 0.833. The predicted octanol–water partition coefficient (Wildman–Crippen LogP) is 1.98. The molecule has 2 heterocycles. The number of nitrogens with zero attached hydrogens (tertiary/aromatic N) is 3. The van der Waals surface area contributed by atoms with E-state index in [0.29, 0.717) is 11.9 Å². The normalized spacial score (nSPS) is 24.9. The lowest BCUT2D eigenvalue weighted by Crippen LogP contribution is -2.33. The zero-order chi connectivity index (χ0) is 12.3. The molecule has 0 aliphatic carbocycles. The van der Waals surface area contributed by atoms with Crippen molar-refractivity contribution >= 4 is 5.95 Å². The second-order valence-electron chi connectivity index (χ2n) is 4.66. The molecule has 1 aliphatic rings. The van der Waals surface area contributed by atoms with Gasteiger partial charge in [-0.3, -0.25) is 0 Å². The summed E-state index contributed by atoms with van der Waals surface area (Å²) in [7, 11) is 0. The zero-order valence-corrected chi connectivity index (χ0v) is 10.9. The maximum Gasteiger partial charge on any atom is 0.266 e. The number of anilines is 1. The van der Waals surface area contributed by atoms with Crippen LogP contribution in [0.1, 0.15) is 45.5 Å². The number of hydrogen-bond donors (Lipinski definition) is 1. The molecule has 1 aromatic heterocycles. The third kappa shape index (κ3) is 2.60. The smallest absolute Gasteiger partial charge is 0.266 e. The Hall–Kier alpha value is -1.10. The summed E-state index contributed by atoms with van der Waals surface area (Å²) in [4.78, 5) is 6.61. The Kier molecular flexibility index (Phi) is 3.99. The molecule has 1 N–H and O–H groups in total. The summed E-state index contributed by atoms with van der Waals surface area (Å²) in [6.45, 7) is 9.28. The lowest BCUT2D eigenvalue weighted by atomic mass is 9.93. The Morgan fingerprint density at radius 1 is 1.41 bits per heavy atom. The highest BCUT2D eigenvalue weighted by Crippen LogP contribution is 2.28. The second-order valence-corrected chi connectivity index (χ2v) is 4.66. The number of hydrogen-bond acceptors (Lipinski definition) is 5. The number of nitrogens with one attached hydrogen (secondary N) is 1. The molecule has 2 atom stereocenters. The monoisotopic (exact) mass is 238 g/mol. The van der Waals surface area contributed by atoms with Gasteiger partial charge in [0.15, 0.2) is 0 Å². The van der Waals surface area contributed by atoms with Gasteiger partial charge in [-0.15, -0.1) is 0 Å². The van der Waals surface area contributed by atoms with Crippen molar-refractivity contribution in [2.45, 2.75) is 39.7 Å². The van der Waals surface area contributed by atoms with Crippen LogP contribution < -0.4 is 10.2 Å². The van der Waals surface area contributed by atoms with Crippen molar-refractivity contribution in [3.63, 3.8) is 0 Å². The van der Waals surface area contributed by atoms with Crippen molar-refractivity contribution in [2.24, 2.45) is 5.92 Å². The molecule has 2 rings (SSSR count). The van der Waals surface area contributed by atoms with Crippen LogP contribution in [0.4, 0.5) is 5.95 Å². The van der Waals surface area contributed by atoms with Crippen molar-refractivity contribution in [1.82, 2.24) is 15.5 Å². The van der Waals surface area contributed by atoms with E-state index in [1.807, 2.05) is 0 Å². The minimum absolute atomic E-state index is 0.223. The van der Waals surface area contributed by atoms with Crippen LogP contribution in [0, 0.1) is 5.92 Å². The van der Waals surface area contributed by atoms with Crippen LogP contribution in [0.25, 0.3) is 0 Å². The summed E-state index contributed by atoms with van der Waals surface area (Å²) in [5.41, 5.74) is 0. The van der Waals surface area contributed by atoms with Gasteiger partial charge in [0, 0.05) is 13.1 Å². The van der Waals surface area contributed by atoms with Gasteiger partial charge in [0.25, 0.3) is 5.95 Å². The van der Waals surface area contributed by atoms with Crippen LogP contribution >= 0.6 is 0 Å². The molecular weight excluding hydrogens is 216 g/mol. The van der Waals surface area contributed by atoms with E-state index in [1.54, 1.807) is 0 Å². The molecule has 1 saturated heterocycles. The Morgan fingerprint density at radius 2 is 2.18 bits per heavy atom. The first-order valence-electron chi connectivity index (χ1n) is 6.58. The summed E-state index contributed by atoms with van der Waals surface area (Å²) in [6.07, 6.45) is 2.45. The minimum atomic E-state index is 0.223. The summed E-state index contributed by atoms with van der Waals surface area (Å²) in [6, 6.07) is 0.223. The summed E-state index contributed by atoms with van der Waals surface area (Å²) in [5, 5.41) is 7.53. The lowest BCUT2D eigenvalue weighted by Gasteiger charge is -2.26. The van der Waals surface area contributed by atoms with Crippen molar-refractivity contribution in [1.29, 1.82) is 0 Å². The van der Waals surface area contributed by atoms with E-state index in [-0.39, 0.29) is 6.04 Å². The molecule has 1 fully saturated rings. The van der Waals surface area contributed by atoms with E-state index in [4.69, 9.17) is 4.52 Å². The number of rotatable bonds is 4. The van der Waals surface area contributed by atoms with Crippen LogP contribution in [0.2, 0.25) is 0 Å². The molecule has 96 valence electrons. The standard InChI is InChI=1S/C12H22N4O/c1-4-16(5-2)12-14-11(17-15-12)10-9(3)7-6-8-13-10/h9-10,13H,4-8H2,1-3H3. The largest absolute Gasteiger partial charge is 0.339 e. The van der Waals surface area contributed by atoms with Crippen LogP contribution in [0.15, 0.2) is 4.52 Å². The number of aromatic nitrogens is 2. The van der Waals surface area contributed by atoms with Gasteiger partial charge in [-0.25, -0.2) is 0 Å². The van der Waals surface area contributed by atoms with E-state index in [2.05, 4.69) is 41.1 Å². The topological polar surface area (TPSA) is 54.2 Å². The van der Waals surface area contributed by atoms with Crippen LogP contribution in [-0.4, -0.2) is 29.8 Å². The van der Waals surface area contributed by atoms with Gasteiger partial charge in [-0.2, -0.15) is 4.98 Å². The highest BCUT2D eigenvalue weighted by Gasteiger charge is 2.27. The van der Waals surface area contributed by atoms with Crippen LogP contribution in [0.3, 0.4) is 0 Å². The predicted molar refractivity (Wildman–Crippen MR) is 67.0 cm³/mol. The summed E-state index contributed by atoms with van der Waals surface area (Å²) in [5.74, 6) is 2.01. The lowest BCUT2D eigenvalue weighted by molar-refractivity contribution is 0.239. The van der Waals surface area contributed by atoms with E-state index >= 15 is 0 Å². The fourth-order valence-corrected chi connectivity index (χ4v) is 2.37. The van der Waals surface area contributed by atoms with Gasteiger partial charge in [0.05, 0.1) is 6.04 Å². The molecule has 5 heteroatoms. The van der Waals surface area contributed by atoms with Gasteiger partial charge in [0.2, 0.25) is 5.89 Å². The first kappa shape index (κ1) is 12.4. The summed E-state index contributed by atoms with van der Waals surface area (Å²) < 4.78 is 5.39. The molecule has 17 heavy (non-hydrogen) atoms. The summed E-state index contributed by atoms with van der Waals surface area (Å²) >= 11 is 0. The average molecular weight is 238 g/mol. The first-order valence-corrected chi connectivity index (χ1v) is 6.58. The fourth-order valence-electron chi connectivity index (χ4n) is 2.37. The first-order chi connectivity index (χ1) is 8.26. The molecule has 0 spiro atoms. The maximum absolute atomic E-state index is 5.39. The van der Waals surface area contributed by atoms with Crippen molar-refractivity contribution < 1.29 is 4.52 Å². The van der Waals surface area contributed by atoms with Crippen molar-refractivity contribution in [2.75, 3.05) is 24.5 Å². The molecule has 1 aliphatic heterocycles. The van der Waals surface area contributed by atoms with E-state index in [9.17, 15) is 0 Å². The van der Waals surface area contributed by atoms with Crippen LogP contribution in [0.5, 0.6) is 0 Å². The minimum Gasteiger partial charge on any atom is -0.339 e. The Morgan fingerprint density at radius 3 is 2.82 bits per heavy atom. The zero-order valence-electron chi connectivity index (χ0n) is 10.9. The average Bonchev–Trinajstić information content (AvgIpc) is 2.81. The molecule has 1 aromatic rings. The van der Waals surface area contributed by atoms with Gasteiger partial charge in [0.1, 0.15) is 0 Å². The van der Waals surface area contributed by atoms with Crippen molar-refractivity contribution in [3.05, 3.63) is 5.89 Å². The molecule has 0 bridgehead atoms. The SMILES string of the molecule is CCN(CC)c1noc(C2NCCCC2C)n1. The quantitative estimate of drug-likeness (QED) is 0.869. The Labute approximate surface area is 103 Å². The Balaban J connectivity index is 2.11. The number of piperidine rings is 1. The van der Waals surface area contributed by atoms with Gasteiger partial charge >= 0.3 is 0 Å². The highest BCUT2D eigenvalue weighted by molar-refractivity contribution is 5.27. The molecule has 5 nitrogen and oxygen atoms in total.